The van der Waals surface area contributed by atoms with Crippen LogP contribution >= 0.6 is 0 Å². The molecule has 104 valence electrons. The molecule has 0 fully saturated rings. The summed E-state index contributed by atoms with van der Waals surface area (Å²) in [4.78, 5) is 0. The Bertz CT molecular complexity index is 374. The molecule has 0 aliphatic heterocycles. The summed E-state index contributed by atoms with van der Waals surface area (Å²) in [6, 6.07) is 0. The summed E-state index contributed by atoms with van der Waals surface area (Å²) in [6.07, 6.45) is 0. The quantitative estimate of drug-likeness (QED) is 0.301. The van der Waals surface area contributed by atoms with Gasteiger partial charge >= 0.3 is 11.0 Å². The average Bonchev–Trinajstić information content (AvgIpc) is 1.77. The fraction of sp³-hybridized carbons (Fsp3) is 1.00. The maximum absolute atomic E-state index is 10.7. The Morgan fingerprint density at radius 3 is 0.706 bits per heavy atom. The average molecular weight is 438 g/mol. The zero-order valence-electron chi connectivity index (χ0n) is 7.03. The van der Waals surface area contributed by atoms with E-state index in [1.807, 2.05) is 0 Å². The molecule has 0 amide bonds. The van der Waals surface area contributed by atoms with Gasteiger partial charge in [-0.25, -0.2) is 16.8 Å². The molecule has 0 spiro atoms. The van der Waals surface area contributed by atoms with E-state index in [1.54, 1.807) is 0 Å². The molecule has 0 aromatic heterocycles. The van der Waals surface area contributed by atoms with Crippen molar-refractivity contribution in [3.05, 3.63) is 0 Å². The van der Waals surface area contributed by atoms with Gasteiger partial charge in [0.05, 0.1) is 0 Å². The van der Waals surface area contributed by atoms with Gasteiger partial charge in [0.2, 0.25) is 0 Å². The van der Waals surface area contributed by atoms with Gasteiger partial charge < -0.3 is 9.11 Å². The summed E-state index contributed by atoms with van der Waals surface area (Å²) in [6.45, 7) is 0. The fourth-order valence-electron chi connectivity index (χ4n) is 0. The molecule has 0 radical (unpaired) electrons. The van der Waals surface area contributed by atoms with Gasteiger partial charge in [0.15, 0.2) is 20.2 Å². The molecular formula is C2CeF6O6S2-2. The smallest absolute Gasteiger partial charge is 0.485 e. The second-order valence-corrected chi connectivity index (χ2v) is 4.54. The number of hydrogen-bond donors (Lipinski definition) is 0. The summed E-state index contributed by atoms with van der Waals surface area (Å²) >= 11 is 0. The van der Waals surface area contributed by atoms with E-state index in [2.05, 4.69) is 0 Å². The molecular weight excluding hydrogens is 438 g/mol. The summed E-state index contributed by atoms with van der Waals surface area (Å²) in [5.41, 5.74) is -11.3. The van der Waals surface area contributed by atoms with Crippen LogP contribution in [-0.2, 0) is 20.2 Å². The molecule has 0 aromatic rings. The molecule has 0 heterocycles. The van der Waals surface area contributed by atoms with E-state index in [0.717, 1.165) is 0 Å². The van der Waals surface area contributed by atoms with E-state index in [0.29, 0.717) is 0 Å². The third-order valence-electron chi connectivity index (χ3n) is 0.567. The third-order valence-corrected chi connectivity index (χ3v) is 1.70. The molecule has 0 rings (SSSR count). The number of halogens is 6. The zero-order valence-corrected chi connectivity index (χ0v) is 11.8. The Hall–Kier alpha value is 0.777. The van der Waals surface area contributed by atoms with Crippen molar-refractivity contribution in [3.8, 4) is 0 Å². The van der Waals surface area contributed by atoms with Crippen molar-refractivity contribution >= 4 is 20.2 Å². The SMILES string of the molecule is O=S(=O)([O-])C(F)(F)F.O=S(=O)([O-])C(F)(F)F.[Ce]. The van der Waals surface area contributed by atoms with Crippen LogP contribution in [0.3, 0.4) is 0 Å². The minimum atomic E-state index is -6.09. The third kappa shape index (κ3) is 10.4. The zero-order chi connectivity index (χ0) is 14.0. The first-order valence-corrected chi connectivity index (χ1v) is 5.36. The van der Waals surface area contributed by atoms with Crippen molar-refractivity contribution in [1.82, 2.24) is 0 Å². The van der Waals surface area contributed by atoms with Gasteiger partial charge in [-0.15, -0.1) is 0 Å². The molecule has 17 heavy (non-hydrogen) atoms. The van der Waals surface area contributed by atoms with Gasteiger partial charge in [-0.3, -0.25) is 0 Å². The van der Waals surface area contributed by atoms with Crippen LogP contribution in [0.25, 0.3) is 0 Å². The molecule has 0 unspecified atom stereocenters. The molecule has 0 aliphatic rings. The fourth-order valence-corrected chi connectivity index (χ4v) is 0. The van der Waals surface area contributed by atoms with Crippen molar-refractivity contribution in [3.63, 3.8) is 0 Å². The number of alkyl halides is 6. The first-order chi connectivity index (χ1) is 6.50. The Morgan fingerprint density at radius 2 is 0.706 bits per heavy atom. The molecule has 0 saturated heterocycles. The maximum Gasteiger partial charge on any atom is 0.485 e. The Kier molecular flexibility index (Phi) is 9.17. The van der Waals surface area contributed by atoms with E-state index in [4.69, 9.17) is 25.9 Å². The van der Waals surface area contributed by atoms with E-state index in [1.165, 1.54) is 0 Å². The molecule has 0 bridgehead atoms. The van der Waals surface area contributed by atoms with Crippen molar-refractivity contribution in [1.29, 1.82) is 0 Å². The van der Waals surface area contributed by atoms with Gasteiger partial charge in [0.25, 0.3) is 0 Å². The van der Waals surface area contributed by atoms with Crippen LogP contribution in [0.1, 0.15) is 0 Å². The van der Waals surface area contributed by atoms with Gasteiger partial charge in [-0.05, 0) is 0 Å². The predicted molar refractivity (Wildman–Crippen MR) is 31.5 cm³/mol. The van der Waals surface area contributed by atoms with Gasteiger partial charge in [-0.2, -0.15) is 26.3 Å². The summed E-state index contributed by atoms with van der Waals surface area (Å²) in [7, 11) is -12.2. The minimum Gasteiger partial charge on any atom is -0.741 e. The summed E-state index contributed by atoms with van der Waals surface area (Å²) < 4.78 is 118. The predicted octanol–water partition coefficient (Wildman–Crippen LogP) is 0.103. The maximum atomic E-state index is 10.7. The van der Waals surface area contributed by atoms with Crippen LogP contribution < -0.4 is 0 Å². The van der Waals surface area contributed by atoms with Crippen LogP contribution in [-0.4, -0.2) is 37.0 Å². The van der Waals surface area contributed by atoms with E-state index >= 15 is 0 Å². The molecule has 0 atom stereocenters. The van der Waals surface area contributed by atoms with Gasteiger partial charge in [0, 0.05) is 41.7 Å². The normalized spacial score (nSPS) is 13.2. The Labute approximate surface area is 124 Å². The summed E-state index contributed by atoms with van der Waals surface area (Å²) in [5.74, 6) is 0. The number of hydrogen-bond acceptors (Lipinski definition) is 6. The largest absolute Gasteiger partial charge is 0.741 e. The first-order valence-electron chi connectivity index (χ1n) is 2.54. The molecule has 0 aromatic carbocycles. The topological polar surface area (TPSA) is 114 Å². The van der Waals surface area contributed by atoms with Crippen LogP contribution in [0.15, 0.2) is 0 Å². The molecule has 0 aliphatic carbocycles. The van der Waals surface area contributed by atoms with E-state index < -0.39 is 31.3 Å². The van der Waals surface area contributed by atoms with Crippen molar-refractivity contribution in [2.75, 3.05) is 0 Å². The van der Waals surface area contributed by atoms with Crippen molar-refractivity contribution in [2.45, 2.75) is 11.0 Å². The van der Waals surface area contributed by atoms with Gasteiger partial charge in [-0.1, -0.05) is 0 Å². The monoisotopic (exact) mass is 438 g/mol. The van der Waals surface area contributed by atoms with Crippen molar-refractivity contribution < 1.29 is 94.0 Å². The Balaban J connectivity index is -0.000000218. The molecule has 6 nitrogen and oxygen atoms in total. The minimum absolute atomic E-state index is 0. The second-order valence-electron chi connectivity index (χ2n) is 1.80. The molecule has 0 N–H and O–H groups in total. The first kappa shape index (κ1) is 22.9. The van der Waals surface area contributed by atoms with Crippen LogP contribution in [0, 0.1) is 41.7 Å². The van der Waals surface area contributed by atoms with E-state index in [-0.39, 0.29) is 41.7 Å². The van der Waals surface area contributed by atoms with Gasteiger partial charge in [0.1, 0.15) is 0 Å². The summed E-state index contributed by atoms with van der Waals surface area (Å²) in [5, 5.41) is 0. The molecule has 0 saturated carbocycles. The molecule has 15 heteroatoms. The number of rotatable bonds is 0. The standard InChI is InChI=1S/2CHF3O3S.Ce/c2*2-1(3,4)8(5,6)7;/h2*(H,5,6,7);/p-2. The van der Waals surface area contributed by atoms with Crippen LogP contribution in [0.4, 0.5) is 26.3 Å². The van der Waals surface area contributed by atoms with Crippen LogP contribution in [0.5, 0.6) is 0 Å². The second kappa shape index (κ2) is 6.80. The van der Waals surface area contributed by atoms with Crippen LogP contribution in [0.2, 0.25) is 0 Å². The van der Waals surface area contributed by atoms with Crippen molar-refractivity contribution in [2.24, 2.45) is 0 Å². The van der Waals surface area contributed by atoms with E-state index in [9.17, 15) is 26.3 Å². The Morgan fingerprint density at radius 1 is 0.647 bits per heavy atom.